The Bertz CT molecular complexity index is 316. The summed E-state index contributed by atoms with van der Waals surface area (Å²) in [5, 5.41) is 13.3. The van der Waals surface area contributed by atoms with Crippen molar-refractivity contribution in [3.63, 3.8) is 0 Å². The number of benzene rings is 1. The normalized spacial score (nSPS) is 25.9. The van der Waals surface area contributed by atoms with E-state index in [0.29, 0.717) is 5.02 Å². The molecule has 1 aromatic rings. The van der Waals surface area contributed by atoms with Crippen LogP contribution in [0.25, 0.3) is 0 Å². The first-order chi connectivity index (χ1) is 6.75. The van der Waals surface area contributed by atoms with Gasteiger partial charge in [-0.15, -0.1) is 0 Å². The van der Waals surface area contributed by atoms with Crippen molar-refractivity contribution in [2.45, 2.75) is 31.5 Å². The quantitative estimate of drug-likeness (QED) is 0.797. The predicted molar refractivity (Wildman–Crippen MR) is 56.2 cm³/mol. The summed E-state index contributed by atoms with van der Waals surface area (Å²) in [6.45, 7) is 0.760. The average molecular weight is 211 g/mol. The molecule has 3 heteroatoms. The minimum absolute atomic E-state index is 0.166. The molecule has 2 rings (SSSR count). The monoisotopic (exact) mass is 210 g/mol. The van der Waals surface area contributed by atoms with Gasteiger partial charge >= 0.3 is 0 Å². The van der Waals surface area contributed by atoms with E-state index >= 15 is 0 Å². The van der Waals surface area contributed by atoms with E-state index in [-0.39, 0.29) is 12.1 Å². The molecule has 0 aromatic heterocycles. The summed E-state index contributed by atoms with van der Waals surface area (Å²) in [7, 11) is 0. The topological polar surface area (TPSA) is 32.3 Å². The third-order valence-corrected chi connectivity index (χ3v) is 2.86. The molecule has 2 N–H and O–H groups in total. The van der Waals surface area contributed by atoms with Crippen molar-refractivity contribution in [1.29, 1.82) is 0 Å². The summed E-state index contributed by atoms with van der Waals surface area (Å²) >= 11 is 5.80. The zero-order chi connectivity index (χ0) is 9.97. The molecule has 2 unspecified atom stereocenters. The molecule has 1 radical (unpaired) electrons. The predicted octanol–water partition coefficient (Wildman–Crippen LogP) is 1.75. The Morgan fingerprint density at radius 3 is 3.00 bits per heavy atom. The third kappa shape index (κ3) is 2.27. The van der Waals surface area contributed by atoms with Gasteiger partial charge in [0.1, 0.15) is 0 Å². The van der Waals surface area contributed by atoms with Crippen LogP contribution in [0.5, 0.6) is 0 Å². The lowest BCUT2D eigenvalue weighted by molar-refractivity contribution is 0.0493. The van der Waals surface area contributed by atoms with Gasteiger partial charge in [0.15, 0.2) is 0 Å². The van der Waals surface area contributed by atoms with Gasteiger partial charge in [0.25, 0.3) is 0 Å². The molecular formula is C11H13ClNO. The van der Waals surface area contributed by atoms with E-state index in [0.717, 1.165) is 24.9 Å². The maximum atomic E-state index is 9.35. The second kappa shape index (κ2) is 4.30. The minimum atomic E-state index is -0.166. The summed E-state index contributed by atoms with van der Waals surface area (Å²) in [4.78, 5) is 0. The van der Waals surface area contributed by atoms with Gasteiger partial charge in [-0.3, -0.25) is 0 Å². The molecule has 1 saturated carbocycles. The van der Waals surface area contributed by atoms with Crippen LogP contribution in [0.1, 0.15) is 18.4 Å². The van der Waals surface area contributed by atoms with Gasteiger partial charge < -0.3 is 10.4 Å². The van der Waals surface area contributed by atoms with Crippen molar-refractivity contribution >= 4 is 11.6 Å². The van der Waals surface area contributed by atoms with Crippen LogP contribution in [-0.4, -0.2) is 17.3 Å². The Morgan fingerprint density at radius 2 is 2.43 bits per heavy atom. The number of aliphatic hydroxyl groups excluding tert-OH is 1. The van der Waals surface area contributed by atoms with Crippen molar-refractivity contribution < 1.29 is 5.11 Å². The summed E-state index contributed by atoms with van der Waals surface area (Å²) in [6.07, 6.45) is 1.82. The number of rotatable bonds is 3. The number of hydrogen-bond donors (Lipinski definition) is 2. The largest absolute Gasteiger partial charge is 0.392 e. The molecule has 0 aliphatic heterocycles. The van der Waals surface area contributed by atoms with Crippen LogP contribution in [0.15, 0.2) is 18.2 Å². The van der Waals surface area contributed by atoms with E-state index in [4.69, 9.17) is 11.6 Å². The maximum Gasteiger partial charge on any atom is 0.0693 e. The van der Waals surface area contributed by atoms with Crippen LogP contribution < -0.4 is 5.32 Å². The summed E-state index contributed by atoms with van der Waals surface area (Å²) < 4.78 is 0. The number of nitrogens with one attached hydrogen (secondary N) is 1. The molecule has 0 spiro atoms. The van der Waals surface area contributed by atoms with Gasteiger partial charge in [0, 0.05) is 23.7 Å². The number of hydrogen-bond acceptors (Lipinski definition) is 2. The standard InChI is InChI=1S/C11H13ClNO/c12-9-3-1-2-8(6-9)7-13-10-4-5-11(10)14/h1-2,6,10-11,13-14H,4-5,7H2. The fourth-order valence-electron chi connectivity index (χ4n) is 1.56. The highest BCUT2D eigenvalue weighted by Gasteiger charge is 2.27. The highest BCUT2D eigenvalue weighted by molar-refractivity contribution is 6.30. The molecule has 0 heterocycles. The maximum absolute atomic E-state index is 9.35. The van der Waals surface area contributed by atoms with Crippen molar-refractivity contribution in [2.75, 3.05) is 0 Å². The van der Waals surface area contributed by atoms with Crippen molar-refractivity contribution in [1.82, 2.24) is 5.32 Å². The zero-order valence-electron chi connectivity index (χ0n) is 7.83. The molecule has 1 aromatic carbocycles. The first-order valence-corrected chi connectivity index (χ1v) is 5.21. The fourth-order valence-corrected chi connectivity index (χ4v) is 1.76. The van der Waals surface area contributed by atoms with Crippen LogP contribution >= 0.6 is 11.6 Å². The van der Waals surface area contributed by atoms with Crippen LogP contribution in [0.4, 0.5) is 0 Å². The van der Waals surface area contributed by atoms with Gasteiger partial charge in [-0.05, 0) is 24.5 Å². The number of aliphatic hydroxyl groups is 1. The molecule has 0 amide bonds. The first kappa shape index (κ1) is 9.97. The Morgan fingerprint density at radius 1 is 1.57 bits per heavy atom. The third-order valence-electron chi connectivity index (χ3n) is 2.64. The lowest BCUT2D eigenvalue weighted by Gasteiger charge is -2.33. The fraction of sp³-hybridized carbons (Fsp3) is 0.455. The average Bonchev–Trinajstić information content (AvgIpc) is 2.16. The van der Waals surface area contributed by atoms with E-state index in [1.54, 1.807) is 0 Å². The highest BCUT2D eigenvalue weighted by atomic mass is 35.5. The summed E-state index contributed by atoms with van der Waals surface area (Å²) in [5.74, 6) is 0. The summed E-state index contributed by atoms with van der Waals surface area (Å²) in [6, 6.07) is 8.83. The van der Waals surface area contributed by atoms with Gasteiger partial charge in [0.05, 0.1) is 6.10 Å². The molecule has 2 atom stereocenters. The van der Waals surface area contributed by atoms with Gasteiger partial charge in [-0.2, -0.15) is 0 Å². The van der Waals surface area contributed by atoms with E-state index in [9.17, 15) is 5.11 Å². The Kier molecular flexibility index (Phi) is 3.06. The molecule has 75 valence electrons. The first-order valence-electron chi connectivity index (χ1n) is 4.83. The molecule has 0 saturated heterocycles. The van der Waals surface area contributed by atoms with Gasteiger partial charge in [0.2, 0.25) is 0 Å². The van der Waals surface area contributed by atoms with E-state index in [2.05, 4.69) is 11.4 Å². The molecular weight excluding hydrogens is 198 g/mol. The second-order valence-corrected chi connectivity index (χ2v) is 4.08. The van der Waals surface area contributed by atoms with E-state index in [1.165, 1.54) is 0 Å². The lowest BCUT2D eigenvalue weighted by Crippen LogP contribution is -2.47. The smallest absolute Gasteiger partial charge is 0.0693 e. The van der Waals surface area contributed by atoms with Crippen LogP contribution in [0, 0.1) is 6.07 Å². The lowest BCUT2D eigenvalue weighted by atomic mass is 9.89. The molecule has 1 fully saturated rings. The highest BCUT2D eigenvalue weighted by Crippen LogP contribution is 2.20. The van der Waals surface area contributed by atoms with E-state index in [1.807, 2.05) is 18.2 Å². The van der Waals surface area contributed by atoms with Gasteiger partial charge in [-0.25, -0.2) is 0 Å². The molecule has 0 bridgehead atoms. The zero-order valence-corrected chi connectivity index (χ0v) is 8.59. The van der Waals surface area contributed by atoms with Gasteiger partial charge in [-0.1, -0.05) is 23.7 Å². The Hall–Kier alpha value is -0.570. The Balaban J connectivity index is 1.85. The second-order valence-electron chi connectivity index (χ2n) is 3.68. The molecule has 2 nitrogen and oxygen atoms in total. The van der Waals surface area contributed by atoms with Crippen LogP contribution in [0.2, 0.25) is 5.02 Å². The van der Waals surface area contributed by atoms with Crippen molar-refractivity contribution in [2.24, 2.45) is 0 Å². The number of halogens is 1. The molecule has 1 aliphatic carbocycles. The SMILES string of the molecule is OC1CCC1NCc1cc[c]c(Cl)c1. The molecule has 14 heavy (non-hydrogen) atoms. The van der Waals surface area contributed by atoms with E-state index < -0.39 is 0 Å². The summed E-state index contributed by atoms with van der Waals surface area (Å²) in [5.41, 5.74) is 1.13. The minimum Gasteiger partial charge on any atom is -0.392 e. The van der Waals surface area contributed by atoms with Crippen molar-refractivity contribution in [3.8, 4) is 0 Å². The van der Waals surface area contributed by atoms with Crippen molar-refractivity contribution in [3.05, 3.63) is 34.9 Å². The van der Waals surface area contributed by atoms with Crippen LogP contribution in [-0.2, 0) is 6.54 Å². The Labute approximate surface area is 88.9 Å². The van der Waals surface area contributed by atoms with Crippen LogP contribution in [0.3, 0.4) is 0 Å². The molecule has 1 aliphatic rings.